The van der Waals surface area contributed by atoms with Crippen LogP contribution in [-0.2, 0) is 0 Å². The Morgan fingerprint density at radius 1 is 1.69 bits per heavy atom. The van der Waals surface area contributed by atoms with Crippen molar-refractivity contribution < 1.29 is 14.3 Å². The number of rotatable bonds is 4. The molecule has 0 aliphatic heterocycles. The Kier molecular flexibility index (Phi) is 4.54. The molecule has 0 aromatic heterocycles. The number of nitrogens with two attached hydrogens (primary N) is 1. The molecule has 0 radical (unpaired) electrons. The quantitative estimate of drug-likeness (QED) is 0.387. The molecule has 0 bridgehead atoms. The van der Waals surface area contributed by atoms with Gasteiger partial charge in [0.15, 0.2) is 11.9 Å². The molecule has 3 N–H and O–H groups in total. The number of ether oxygens (including phenoxy) is 1. The zero-order valence-corrected chi connectivity index (χ0v) is 10.2. The number of amidine groups is 1. The topological polar surface area (TPSA) is 67.8 Å². The van der Waals surface area contributed by atoms with E-state index in [0.29, 0.717) is 16.6 Å². The second-order valence-corrected chi connectivity index (χ2v) is 3.97. The number of hydrogen-bond acceptors (Lipinski definition) is 3. The van der Waals surface area contributed by atoms with Gasteiger partial charge in [-0.25, -0.2) is 4.39 Å². The van der Waals surface area contributed by atoms with Crippen LogP contribution < -0.4 is 10.5 Å². The molecule has 1 aromatic carbocycles. The van der Waals surface area contributed by atoms with E-state index in [1.807, 2.05) is 6.92 Å². The Labute approximate surface area is 101 Å². The molecule has 1 unspecified atom stereocenters. The molecule has 6 heteroatoms. The summed E-state index contributed by atoms with van der Waals surface area (Å²) >= 11 is 3.04. The average molecular weight is 291 g/mol. The van der Waals surface area contributed by atoms with E-state index in [2.05, 4.69) is 21.1 Å². The van der Waals surface area contributed by atoms with E-state index in [0.717, 1.165) is 0 Å². The van der Waals surface area contributed by atoms with Crippen LogP contribution in [0, 0.1) is 5.82 Å². The molecular formula is C10H12BrFN2O2. The monoisotopic (exact) mass is 290 g/mol. The molecule has 0 saturated carbocycles. The lowest BCUT2D eigenvalue weighted by molar-refractivity contribution is 0.245. The fraction of sp³-hybridized carbons (Fsp3) is 0.300. The molecule has 4 nitrogen and oxygen atoms in total. The Morgan fingerprint density at radius 2 is 2.38 bits per heavy atom. The van der Waals surface area contributed by atoms with Crippen LogP contribution in [0.25, 0.3) is 0 Å². The van der Waals surface area contributed by atoms with Gasteiger partial charge in [-0.3, -0.25) is 0 Å². The van der Waals surface area contributed by atoms with Crippen LogP contribution in [0.15, 0.2) is 27.8 Å². The van der Waals surface area contributed by atoms with Gasteiger partial charge >= 0.3 is 0 Å². The number of benzene rings is 1. The summed E-state index contributed by atoms with van der Waals surface area (Å²) in [6.45, 7) is 1.82. The van der Waals surface area contributed by atoms with Crippen molar-refractivity contribution in [1.82, 2.24) is 0 Å². The highest BCUT2D eigenvalue weighted by molar-refractivity contribution is 9.10. The second-order valence-electron chi connectivity index (χ2n) is 3.12. The zero-order chi connectivity index (χ0) is 12.1. The molecule has 0 saturated heterocycles. The van der Waals surface area contributed by atoms with E-state index in [4.69, 9.17) is 15.7 Å². The van der Waals surface area contributed by atoms with Gasteiger partial charge < -0.3 is 15.7 Å². The summed E-state index contributed by atoms with van der Waals surface area (Å²) in [5.74, 6) is -0.128. The van der Waals surface area contributed by atoms with Crippen molar-refractivity contribution in [3.05, 3.63) is 28.5 Å². The minimum atomic E-state index is -0.564. The molecule has 1 rings (SSSR count). The number of oxime groups is 1. The first-order valence-corrected chi connectivity index (χ1v) is 5.47. The van der Waals surface area contributed by atoms with Crippen molar-refractivity contribution in [2.45, 2.75) is 19.4 Å². The molecule has 0 fully saturated rings. The Balaban J connectivity index is 2.82. The Bertz CT molecular complexity index is 398. The maximum absolute atomic E-state index is 13.2. The van der Waals surface area contributed by atoms with E-state index in [9.17, 15) is 4.39 Å². The standard InChI is InChI=1S/C10H12BrFN2O2/c1-2-9(10(13)14-15)16-6-3-4-7(11)8(12)5-6/h3-5,9,15H,2H2,1H3,(H2,13,14). The van der Waals surface area contributed by atoms with Crippen molar-refractivity contribution in [2.24, 2.45) is 10.9 Å². The maximum atomic E-state index is 13.2. The molecule has 0 aliphatic carbocycles. The van der Waals surface area contributed by atoms with E-state index in [-0.39, 0.29) is 5.84 Å². The lowest BCUT2D eigenvalue weighted by atomic mass is 10.2. The first-order valence-electron chi connectivity index (χ1n) is 4.67. The molecule has 0 heterocycles. The number of hydrogen-bond donors (Lipinski definition) is 2. The van der Waals surface area contributed by atoms with E-state index in [1.165, 1.54) is 12.1 Å². The van der Waals surface area contributed by atoms with Crippen molar-refractivity contribution in [2.75, 3.05) is 0 Å². The predicted octanol–water partition coefficient (Wildman–Crippen LogP) is 2.49. The highest BCUT2D eigenvalue weighted by Crippen LogP contribution is 2.22. The predicted molar refractivity (Wildman–Crippen MR) is 62.2 cm³/mol. The van der Waals surface area contributed by atoms with Crippen LogP contribution in [0.1, 0.15) is 13.3 Å². The van der Waals surface area contributed by atoms with E-state index in [1.54, 1.807) is 6.07 Å². The van der Waals surface area contributed by atoms with Gasteiger partial charge in [-0.2, -0.15) is 0 Å². The summed E-state index contributed by atoms with van der Waals surface area (Å²) in [5, 5.41) is 11.4. The third-order valence-electron chi connectivity index (χ3n) is 1.99. The van der Waals surface area contributed by atoms with Gasteiger partial charge in [-0.05, 0) is 34.5 Å². The molecule has 1 aromatic rings. The highest BCUT2D eigenvalue weighted by Gasteiger charge is 2.14. The summed E-state index contributed by atoms with van der Waals surface area (Å²) in [6, 6.07) is 4.36. The van der Waals surface area contributed by atoms with Gasteiger partial charge in [-0.1, -0.05) is 12.1 Å². The zero-order valence-electron chi connectivity index (χ0n) is 8.65. The number of halogens is 2. The molecule has 0 aliphatic rings. The van der Waals surface area contributed by atoms with Crippen molar-refractivity contribution >= 4 is 21.8 Å². The Hall–Kier alpha value is -1.30. The fourth-order valence-electron chi connectivity index (χ4n) is 1.13. The molecule has 0 amide bonds. The van der Waals surface area contributed by atoms with E-state index < -0.39 is 11.9 Å². The molecule has 1 atom stereocenters. The van der Waals surface area contributed by atoms with Crippen molar-refractivity contribution in [3.8, 4) is 5.75 Å². The van der Waals surface area contributed by atoms with Crippen LogP contribution in [0.2, 0.25) is 0 Å². The van der Waals surface area contributed by atoms with Gasteiger partial charge in [0, 0.05) is 6.07 Å². The van der Waals surface area contributed by atoms with Gasteiger partial charge in [0.1, 0.15) is 11.6 Å². The van der Waals surface area contributed by atoms with Gasteiger partial charge in [0.25, 0.3) is 0 Å². The minimum absolute atomic E-state index is 0.0363. The molecule has 16 heavy (non-hydrogen) atoms. The summed E-state index contributed by atoms with van der Waals surface area (Å²) in [7, 11) is 0. The normalized spacial score (nSPS) is 13.6. The van der Waals surface area contributed by atoms with Gasteiger partial charge in [0.05, 0.1) is 4.47 Å². The molecular weight excluding hydrogens is 279 g/mol. The van der Waals surface area contributed by atoms with Crippen LogP contribution >= 0.6 is 15.9 Å². The second kappa shape index (κ2) is 5.69. The van der Waals surface area contributed by atoms with Crippen molar-refractivity contribution in [1.29, 1.82) is 0 Å². The highest BCUT2D eigenvalue weighted by atomic mass is 79.9. The molecule has 0 spiro atoms. The van der Waals surface area contributed by atoms with Crippen LogP contribution in [0.5, 0.6) is 5.75 Å². The maximum Gasteiger partial charge on any atom is 0.180 e. The van der Waals surface area contributed by atoms with Crippen LogP contribution in [0.3, 0.4) is 0 Å². The summed E-state index contributed by atoms with van der Waals surface area (Å²) in [6.07, 6.45) is -0.0429. The van der Waals surface area contributed by atoms with Crippen LogP contribution in [0.4, 0.5) is 4.39 Å². The van der Waals surface area contributed by atoms with Gasteiger partial charge in [0.2, 0.25) is 0 Å². The SMILES string of the molecule is CCC(Oc1ccc(Br)c(F)c1)C(N)=NO. The lowest BCUT2D eigenvalue weighted by Gasteiger charge is -2.16. The van der Waals surface area contributed by atoms with Crippen LogP contribution in [-0.4, -0.2) is 17.1 Å². The average Bonchev–Trinajstić information content (AvgIpc) is 2.29. The lowest BCUT2D eigenvalue weighted by Crippen LogP contribution is -2.33. The first-order chi connectivity index (χ1) is 7.58. The summed E-state index contributed by atoms with van der Waals surface area (Å²) < 4.78 is 18.9. The molecule has 88 valence electrons. The fourth-order valence-corrected chi connectivity index (χ4v) is 1.38. The Morgan fingerprint density at radius 3 is 2.88 bits per heavy atom. The third kappa shape index (κ3) is 3.10. The minimum Gasteiger partial charge on any atom is -0.482 e. The third-order valence-corrected chi connectivity index (χ3v) is 2.63. The van der Waals surface area contributed by atoms with Gasteiger partial charge in [-0.15, -0.1) is 0 Å². The van der Waals surface area contributed by atoms with Crippen molar-refractivity contribution in [3.63, 3.8) is 0 Å². The van der Waals surface area contributed by atoms with E-state index >= 15 is 0 Å². The number of nitrogens with zero attached hydrogens (tertiary/aromatic N) is 1. The summed E-state index contributed by atoms with van der Waals surface area (Å²) in [4.78, 5) is 0. The largest absolute Gasteiger partial charge is 0.482 e. The first kappa shape index (κ1) is 12.8. The summed E-state index contributed by atoms with van der Waals surface area (Å²) in [5.41, 5.74) is 5.42. The smallest absolute Gasteiger partial charge is 0.180 e.